The Labute approximate surface area is 92.4 Å². The highest BCUT2D eigenvalue weighted by Crippen LogP contribution is 1.94. The minimum Gasteiger partial charge on any atom is -0.300 e. The van der Waals surface area contributed by atoms with Crippen LogP contribution in [0.5, 0.6) is 0 Å². The second kappa shape index (κ2) is 5.25. The van der Waals surface area contributed by atoms with Gasteiger partial charge in [0.2, 0.25) is 0 Å². The van der Waals surface area contributed by atoms with E-state index in [0.29, 0.717) is 18.5 Å². The molecule has 0 fully saturated rings. The summed E-state index contributed by atoms with van der Waals surface area (Å²) in [5.74, 6) is -0.0614. The van der Waals surface area contributed by atoms with Crippen LogP contribution in [0, 0.1) is 0 Å². The molecule has 0 bridgehead atoms. The molecule has 1 aromatic heterocycles. The number of hydrogen-bond donors (Lipinski definition) is 1. The third kappa shape index (κ3) is 2.79. The van der Waals surface area contributed by atoms with Crippen LogP contribution in [0.3, 0.4) is 0 Å². The fraction of sp³-hybridized carbons (Fsp3) is 0.364. The molecule has 0 aliphatic rings. The zero-order valence-electron chi connectivity index (χ0n) is 9.32. The summed E-state index contributed by atoms with van der Waals surface area (Å²) < 4.78 is 1.37. The molecule has 0 saturated carbocycles. The monoisotopic (exact) mass is 222 g/mol. The van der Waals surface area contributed by atoms with Crippen molar-refractivity contribution in [1.82, 2.24) is 9.55 Å². The van der Waals surface area contributed by atoms with Gasteiger partial charge in [-0.25, -0.2) is 4.79 Å². The number of aromatic amines is 1. The molecular formula is C11H14N2O3. The molecule has 1 heterocycles. The Kier molecular flexibility index (Phi) is 3.99. The fourth-order valence-corrected chi connectivity index (χ4v) is 1.18. The van der Waals surface area contributed by atoms with E-state index in [2.05, 4.69) is 4.98 Å². The van der Waals surface area contributed by atoms with Crippen molar-refractivity contribution in [2.75, 3.05) is 0 Å². The van der Waals surface area contributed by atoms with E-state index >= 15 is 0 Å². The van der Waals surface area contributed by atoms with Crippen LogP contribution >= 0.6 is 0 Å². The first-order chi connectivity index (χ1) is 7.58. The minimum absolute atomic E-state index is 0.0614. The molecule has 0 aromatic carbocycles. The average Bonchev–Trinajstić information content (AvgIpc) is 2.27. The van der Waals surface area contributed by atoms with E-state index in [1.54, 1.807) is 13.8 Å². The van der Waals surface area contributed by atoms with Crippen molar-refractivity contribution >= 4 is 11.9 Å². The van der Waals surface area contributed by atoms with E-state index in [4.69, 9.17) is 0 Å². The van der Waals surface area contributed by atoms with Gasteiger partial charge in [0, 0.05) is 19.2 Å². The normalized spacial score (nSPS) is 10.9. The number of hydrogen-bond acceptors (Lipinski definition) is 3. The Bertz CT molecular complexity index is 523. The third-order valence-corrected chi connectivity index (χ3v) is 2.18. The van der Waals surface area contributed by atoms with Gasteiger partial charge in [-0.05, 0) is 19.1 Å². The first-order valence-corrected chi connectivity index (χ1v) is 5.13. The van der Waals surface area contributed by atoms with Crippen LogP contribution < -0.4 is 11.2 Å². The zero-order chi connectivity index (χ0) is 12.1. The summed E-state index contributed by atoms with van der Waals surface area (Å²) in [4.78, 5) is 35.9. The number of allylic oxidation sites excluding steroid dienone is 1. The molecule has 5 heteroatoms. The van der Waals surface area contributed by atoms with E-state index in [1.165, 1.54) is 22.9 Å². The van der Waals surface area contributed by atoms with Gasteiger partial charge >= 0.3 is 5.69 Å². The number of nitrogens with zero attached hydrogens (tertiary/aromatic N) is 1. The number of H-pyrrole nitrogens is 1. The van der Waals surface area contributed by atoms with Gasteiger partial charge in [-0.1, -0.05) is 6.92 Å². The molecule has 0 saturated heterocycles. The lowest BCUT2D eigenvalue weighted by Crippen LogP contribution is -2.30. The lowest BCUT2D eigenvalue weighted by atomic mass is 10.2. The van der Waals surface area contributed by atoms with Gasteiger partial charge in [-0.15, -0.1) is 0 Å². The molecule has 0 radical (unpaired) electrons. The summed E-state index contributed by atoms with van der Waals surface area (Å²) in [6.45, 7) is 4.01. The van der Waals surface area contributed by atoms with Gasteiger partial charge in [0.15, 0.2) is 5.78 Å². The largest absolute Gasteiger partial charge is 0.328 e. The topological polar surface area (TPSA) is 71.9 Å². The van der Waals surface area contributed by atoms with E-state index in [9.17, 15) is 14.4 Å². The Morgan fingerprint density at radius 2 is 2.12 bits per heavy atom. The summed E-state index contributed by atoms with van der Waals surface area (Å²) in [6.07, 6.45) is 4.60. The van der Waals surface area contributed by atoms with E-state index in [0.717, 1.165) is 0 Å². The molecule has 16 heavy (non-hydrogen) atoms. The maximum Gasteiger partial charge on any atom is 0.328 e. The van der Waals surface area contributed by atoms with Gasteiger partial charge in [0.1, 0.15) is 0 Å². The van der Waals surface area contributed by atoms with E-state index in [1.807, 2.05) is 0 Å². The first kappa shape index (κ1) is 12.2. The van der Waals surface area contributed by atoms with Crippen molar-refractivity contribution < 1.29 is 4.79 Å². The Morgan fingerprint density at radius 1 is 1.44 bits per heavy atom. The highest BCUT2D eigenvalue weighted by molar-refractivity contribution is 5.93. The maximum atomic E-state index is 11.4. The van der Waals surface area contributed by atoms with Gasteiger partial charge in [0.05, 0.1) is 5.56 Å². The standard InChI is InChI=1S/C11H14N2O3/c1-3-9(14)6-5-8-7-13(4-2)11(16)12-10(8)15/h5-7H,3-4H2,1-2H3,(H,12,15,16)/b6-5+. The maximum absolute atomic E-state index is 11.4. The third-order valence-electron chi connectivity index (χ3n) is 2.18. The van der Waals surface area contributed by atoms with Crippen molar-refractivity contribution in [2.24, 2.45) is 0 Å². The molecule has 0 aliphatic carbocycles. The average molecular weight is 222 g/mol. The summed E-state index contributed by atoms with van der Waals surface area (Å²) in [5.41, 5.74) is -0.607. The molecule has 1 aromatic rings. The smallest absolute Gasteiger partial charge is 0.300 e. The number of rotatable bonds is 4. The first-order valence-electron chi connectivity index (χ1n) is 5.13. The molecule has 0 amide bonds. The Hall–Kier alpha value is -1.91. The predicted octanol–water partition coefficient (Wildman–Crippen LogP) is 0.549. The number of carbonyl (C=O) groups excluding carboxylic acids is 1. The highest BCUT2D eigenvalue weighted by Gasteiger charge is 2.00. The lowest BCUT2D eigenvalue weighted by Gasteiger charge is -2.00. The number of aryl methyl sites for hydroxylation is 1. The summed E-state index contributed by atoms with van der Waals surface area (Å²) in [6, 6.07) is 0. The van der Waals surface area contributed by atoms with Crippen molar-refractivity contribution in [2.45, 2.75) is 26.8 Å². The van der Waals surface area contributed by atoms with Crippen LogP contribution in [-0.4, -0.2) is 15.3 Å². The number of aromatic nitrogens is 2. The number of ketones is 1. The van der Waals surface area contributed by atoms with E-state index < -0.39 is 11.2 Å². The van der Waals surface area contributed by atoms with Gasteiger partial charge < -0.3 is 4.57 Å². The molecule has 1 N–H and O–H groups in total. The zero-order valence-corrected chi connectivity index (χ0v) is 9.32. The van der Waals surface area contributed by atoms with Crippen LogP contribution in [0.1, 0.15) is 25.8 Å². The molecule has 1 rings (SSSR count). The molecule has 0 spiro atoms. The quantitative estimate of drug-likeness (QED) is 0.756. The Morgan fingerprint density at radius 3 is 2.69 bits per heavy atom. The number of nitrogens with one attached hydrogen (secondary N) is 1. The SMILES string of the molecule is CCC(=O)/C=C/c1cn(CC)c(=O)[nH]c1=O. The second-order valence-electron chi connectivity index (χ2n) is 3.28. The minimum atomic E-state index is -0.477. The van der Waals surface area contributed by atoms with Crippen molar-refractivity contribution in [3.8, 4) is 0 Å². The molecule has 5 nitrogen and oxygen atoms in total. The molecule has 0 unspecified atom stereocenters. The molecular weight excluding hydrogens is 208 g/mol. The van der Waals surface area contributed by atoms with Gasteiger partial charge in [-0.3, -0.25) is 14.6 Å². The van der Waals surface area contributed by atoms with Gasteiger partial charge in [-0.2, -0.15) is 0 Å². The number of carbonyl (C=O) groups is 1. The second-order valence-corrected chi connectivity index (χ2v) is 3.28. The predicted molar refractivity (Wildman–Crippen MR) is 61.3 cm³/mol. The fourth-order valence-electron chi connectivity index (χ4n) is 1.18. The van der Waals surface area contributed by atoms with Crippen LogP contribution in [0.15, 0.2) is 21.9 Å². The molecule has 0 aliphatic heterocycles. The van der Waals surface area contributed by atoms with Gasteiger partial charge in [0.25, 0.3) is 5.56 Å². The summed E-state index contributed by atoms with van der Waals surface area (Å²) in [7, 11) is 0. The van der Waals surface area contributed by atoms with Crippen LogP contribution in [0.25, 0.3) is 6.08 Å². The van der Waals surface area contributed by atoms with E-state index in [-0.39, 0.29) is 5.78 Å². The summed E-state index contributed by atoms with van der Waals surface area (Å²) in [5, 5.41) is 0. The van der Waals surface area contributed by atoms with Crippen molar-refractivity contribution in [3.63, 3.8) is 0 Å². The molecule has 86 valence electrons. The van der Waals surface area contributed by atoms with Crippen LogP contribution in [-0.2, 0) is 11.3 Å². The van der Waals surface area contributed by atoms with Crippen molar-refractivity contribution in [1.29, 1.82) is 0 Å². The Balaban J connectivity index is 3.15. The molecule has 0 atom stereocenters. The lowest BCUT2D eigenvalue weighted by molar-refractivity contribution is -0.114. The summed E-state index contributed by atoms with van der Waals surface area (Å²) >= 11 is 0. The van der Waals surface area contributed by atoms with Crippen LogP contribution in [0.2, 0.25) is 0 Å². The van der Waals surface area contributed by atoms with Crippen LogP contribution in [0.4, 0.5) is 0 Å². The highest BCUT2D eigenvalue weighted by atomic mass is 16.2. The van der Waals surface area contributed by atoms with Crippen molar-refractivity contribution in [3.05, 3.63) is 38.7 Å².